The molecule has 0 N–H and O–H groups in total. The lowest BCUT2D eigenvalue weighted by Gasteiger charge is -2.33. The third-order valence-corrected chi connectivity index (χ3v) is 5.91. The fraction of sp³-hybridized carbons (Fsp3) is 0.529. The summed E-state index contributed by atoms with van der Waals surface area (Å²) in [6, 6.07) is 4.19. The second-order valence-corrected chi connectivity index (χ2v) is 7.34. The minimum absolute atomic E-state index is 0.154. The first-order valence-electron chi connectivity index (χ1n) is 7.96. The van der Waals surface area contributed by atoms with Crippen LogP contribution < -0.4 is 0 Å². The Morgan fingerprint density at radius 2 is 2.36 bits per heavy atom. The van der Waals surface area contributed by atoms with E-state index in [9.17, 15) is 0 Å². The highest BCUT2D eigenvalue weighted by molar-refractivity contribution is 7.10. The van der Waals surface area contributed by atoms with Gasteiger partial charge in [0.1, 0.15) is 12.4 Å². The summed E-state index contributed by atoms with van der Waals surface area (Å²) in [5.74, 6) is 0.681. The van der Waals surface area contributed by atoms with Gasteiger partial charge in [-0.05, 0) is 55.3 Å². The summed E-state index contributed by atoms with van der Waals surface area (Å²) >= 11 is 1.87. The van der Waals surface area contributed by atoms with Crippen LogP contribution >= 0.6 is 11.3 Å². The minimum Gasteiger partial charge on any atom is -0.367 e. The molecule has 2 saturated heterocycles. The van der Waals surface area contributed by atoms with E-state index in [2.05, 4.69) is 33.2 Å². The number of aryl methyl sites for hydroxylation is 1. The zero-order valence-corrected chi connectivity index (χ0v) is 13.6. The maximum Gasteiger partial charge on any atom is 0.115 e. The van der Waals surface area contributed by atoms with E-state index >= 15 is 0 Å². The summed E-state index contributed by atoms with van der Waals surface area (Å²) in [7, 11) is 0. The van der Waals surface area contributed by atoms with E-state index in [4.69, 9.17) is 4.74 Å². The summed E-state index contributed by atoms with van der Waals surface area (Å²) in [6.07, 6.45) is 6.27. The molecule has 0 unspecified atom stereocenters. The predicted octanol–water partition coefficient (Wildman–Crippen LogP) is 3.20. The molecule has 4 rings (SSSR count). The smallest absolute Gasteiger partial charge is 0.115 e. The second kappa shape index (κ2) is 6.07. The molecule has 0 radical (unpaired) electrons. The van der Waals surface area contributed by atoms with Crippen LogP contribution in [-0.2, 0) is 11.3 Å². The summed E-state index contributed by atoms with van der Waals surface area (Å²) in [4.78, 5) is 12.4. The van der Waals surface area contributed by atoms with Crippen LogP contribution in [0.15, 0.2) is 30.0 Å². The van der Waals surface area contributed by atoms with Crippen LogP contribution in [0.25, 0.3) is 0 Å². The first-order valence-corrected chi connectivity index (χ1v) is 8.84. The molecular formula is C17H21N3OS. The molecule has 0 aliphatic carbocycles. The number of piperidine rings is 1. The third-order valence-electron chi connectivity index (χ3n) is 4.91. The van der Waals surface area contributed by atoms with Crippen molar-refractivity contribution in [1.29, 1.82) is 0 Å². The molecule has 116 valence electrons. The van der Waals surface area contributed by atoms with E-state index in [0.717, 1.165) is 25.2 Å². The molecule has 0 aromatic carbocycles. The van der Waals surface area contributed by atoms with E-state index in [1.807, 2.05) is 17.4 Å². The van der Waals surface area contributed by atoms with Gasteiger partial charge in [0.15, 0.2) is 0 Å². The highest BCUT2D eigenvalue weighted by atomic mass is 32.1. The van der Waals surface area contributed by atoms with Crippen molar-refractivity contribution in [3.05, 3.63) is 46.2 Å². The molecule has 0 amide bonds. The molecule has 5 heteroatoms. The predicted molar refractivity (Wildman–Crippen MR) is 86.7 cm³/mol. The molecule has 2 aromatic heterocycles. The van der Waals surface area contributed by atoms with Crippen molar-refractivity contribution in [2.75, 3.05) is 13.1 Å². The van der Waals surface area contributed by atoms with Gasteiger partial charge in [-0.3, -0.25) is 4.90 Å². The average Bonchev–Trinajstić information content (AvgIpc) is 3.14. The van der Waals surface area contributed by atoms with Crippen LogP contribution in [0.5, 0.6) is 0 Å². The number of ether oxygens (including phenoxy) is 1. The third kappa shape index (κ3) is 2.81. The normalized spacial score (nSPS) is 28.7. The lowest BCUT2D eigenvalue weighted by atomic mass is 9.91. The largest absolute Gasteiger partial charge is 0.367 e. The Balaban J connectivity index is 1.40. The molecule has 0 bridgehead atoms. The molecular weight excluding hydrogens is 294 g/mol. The molecule has 4 heterocycles. The first kappa shape index (κ1) is 14.3. The van der Waals surface area contributed by atoms with Crippen molar-refractivity contribution >= 4 is 11.3 Å². The van der Waals surface area contributed by atoms with Gasteiger partial charge < -0.3 is 4.74 Å². The van der Waals surface area contributed by atoms with Crippen molar-refractivity contribution < 1.29 is 4.74 Å². The maximum absolute atomic E-state index is 6.30. The number of nitrogens with zero attached hydrogens (tertiary/aromatic N) is 3. The Bertz CT molecular complexity index is 630. The van der Waals surface area contributed by atoms with Crippen molar-refractivity contribution in [2.45, 2.75) is 38.5 Å². The molecule has 2 fully saturated rings. The van der Waals surface area contributed by atoms with Gasteiger partial charge in [0.25, 0.3) is 0 Å². The van der Waals surface area contributed by atoms with Gasteiger partial charge in [0, 0.05) is 24.2 Å². The van der Waals surface area contributed by atoms with Gasteiger partial charge in [-0.15, -0.1) is 11.3 Å². The summed E-state index contributed by atoms with van der Waals surface area (Å²) < 4.78 is 6.30. The lowest BCUT2D eigenvalue weighted by Crippen LogP contribution is -2.41. The fourth-order valence-electron chi connectivity index (χ4n) is 3.59. The molecule has 0 saturated carbocycles. The zero-order chi connectivity index (χ0) is 14.9. The number of rotatable bonds is 3. The van der Waals surface area contributed by atoms with Crippen LogP contribution in [0.1, 0.15) is 35.1 Å². The van der Waals surface area contributed by atoms with E-state index in [0.29, 0.717) is 12.0 Å². The van der Waals surface area contributed by atoms with Crippen molar-refractivity contribution in [1.82, 2.24) is 14.9 Å². The monoisotopic (exact) mass is 315 g/mol. The Labute approximate surface area is 135 Å². The van der Waals surface area contributed by atoms with Crippen LogP contribution in [0.4, 0.5) is 0 Å². The SMILES string of the molecule is Cc1ccsc1CN1CC[C@@H]2C[C@@H](c3ccncn3)O[C@H]2C1. The molecule has 2 aromatic rings. The highest BCUT2D eigenvalue weighted by Crippen LogP contribution is 2.40. The summed E-state index contributed by atoms with van der Waals surface area (Å²) in [5.41, 5.74) is 2.45. The highest BCUT2D eigenvalue weighted by Gasteiger charge is 2.40. The van der Waals surface area contributed by atoms with Gasteiger partial charge in [-0.25, -0.2) is 9.97 Å². The topological polar surface area (TPSA) is 38.2 Å². The number of thiophene rings is 1. The van der Waals surface area contributed by atoms with E-state index in [1.54, 1.807) is 12.5 Å². The summed E-state index contributed by atoms with van der Waals surface area (Å²) in [5, 5.41) is 2.19. The molecule has 2 aliphatic rings. The van der Waals surface area contributed by atoms with E-state index < -0.39 is 0 Å². The van der Waals surface area contributed by atoms with Gasteiger partial charge in [0.2, 0.25) is 0 Å². The zero-order valence-electron chi connectivity index (χ0n) is 12.8. The lowest BCUT2D eigenvalue weighted by molar-refractivity contribution is -0.0104. The number of aromatic nitrogens is 2. The Morgan fingerprint density at radius 3 is 3.14 bits per heavy atom. The van der Waals surface area contributed by atoms with Crippen LogP contribution in [0, 0.1) is 12.8 Å². The summed E-state index contributed by atoms with van der Waals surface area (Å²) in [6.45, 7) is 5.49. The van der Waals surface area contributed by atoms with Crippen molar-refractivity contribution in [3.8, 4) is 0 Å². The van der Waals surface area contributed by atoms with Crippen molar-refractivity contribution in [3.63, 3.8) is 0 Å². The Hall–Kier alpha value is -1.30. The number of likely N-dealkylation sites (tertiary alicyclic amines) is 1. The van der Waals surface area contributed by atoms with Crippen LogP contribution in [0.2, 0.25) is 0 Å². The van der Waals surface area contributed by atoms with Gasteiger partial charge in [0.05, 0.1) is 11.8 Å². The maximum atomic E-state index is 6.30. The quantitative estimate of drug-likeness (QED) is 0.872. The number of fused-ring (bicyclic) bond motifs is 1. The van der Waals surface area contributed by atoms with Crippen LogP contribution in [-0.4, -0.2) is 34.1 Å². The molecule has 4 nitrogen and oxygen atoms in total. The Morgan fingerprint density at radius 1 is 1.41 bits per heavy atom. The molecule has 22 heavy (non-hydrogen) atoms. The van der Waals surface area contributed by atoms with E-state index in [-0.39, 0.29) is 6.10 Å². The number of hydrogen-bond acceptors (Lipinski definition) is 5. The molecule has 0 spiro atoms. The van der Waals surface area contributed by atoms with Crippen LogP contribution in [0.3, 0.4) is 0 Å². The van der Waals surface area contributed by atoms with Crippen molar-refractivity contribution in [2.24, 2.45) is 5.92 Å². The average molecular weight is 315 g/mol. The Kier molecular flexibility index (Phi) is 3.94. The van der Waals surface area contributed by atoms with Gasteiger partial charge in [-0.1, -0.05) is 0 Å². The molecule has 2 aliphatic heterocycles. The number of hydrogen-bond donors (Lipinski definition) is 0. The molecule has 3 atom stereocenters. The van der Waals surface area contributed by atoms with Gasteiger partial charge in [-0.2, -0.15) is 0 Å². The standard InChI is InChI=1S/C17H21N3OS/c1-12-4-7-22-17(12)10-20-6-3-13-8-15(21-16(13)9-20)14-2-5-18-11-19-14/h2,4-5,7,11,13,15-16H,3,6,8-10H2,1H3/t13-,15+,16+/m1/s1. The van der Waals surface area contributed by atoms with Gasteiger partial charge >= 0.3 is 0 Å². The fourth-order valence-corrected chi connectivity index (χ4v) is 4.54. The minimum atomic E-state index is 0.154. The van der Waals surface area contributed by atoms with E-state index in [1.165, 1.54) is 23.4 Å². The second-order valence-electron chi connectivity index (χ2n) is 6.34. The first-order chi connectivity index (χ1) is 10.8.